The van der Waals surface area contributed by atoms with Gasteiger partial charge in [0.2, 0.25) is 0 Å². The highest BCUT2D eigenvalue weighted by Crippen LogP contribution is 2.39. The highest BCUT2D eigenvalue weighted by atomic mass is 16.1. The van der Waals surface area contributed by atoms with Crippen molar-refractivity contribution in [3.05, 3.63) is 23.4 Å². The SMILES string of the molecule is CCc1cc(C(=O)NCC2(C)CCC2)cc(N)n1. The monoisotopic (exact) mass is 247 g/mol. The van der Waals surface area contributed by atoms with Crippen molar-refractivity contribution >= 4 is 11.7 Å². The Labute approximate surface area is 108 Å². The summed E-state index contributed by atoms with van der Waals surface area (Å²) in [7, 11) is 0. The largest absolute Gasteiger partial charge is 0.384 e. The van der Waals surface area contributed by atoms with Gasteiger partial charge in [0.1, 0.15) is 5.82 Å². The molecule has 3 N–H and O–H groups in total. The lowest BCUT2D eigenvalue weighted by atomic mass is 9.70. The summed E-state index contributed by atoms with van der Waals surface area (Å²) in [6.07, 6.45) is 4.45. The molecule has 0 radical (unpaired) electrons. The predicted octanol–water partition coefficient (Wildman–Crippen LogP) is 2.15. The Morgan fingerprint density at radius 3 is 2.78 bits per heavy atom. The summed E-state index contributed by atoms with van der Waals surface area (Å²) >= 11 is 0. The van der Waals surface area contributed by atoms with Crippen LogP contribution in [-0.2, 0) is 6.42 Å². The molecule has 1 fully saturated rings. The number of aromatic nitrogens is 1. The lowest BCUT2D eigenvalue weighted by Crippen LogP contribution is -2.40. The Balaban J connectivity index is 2.01. The van der Waals surface area contributed by atoms with Gasteiger partial charge < -0.3 is 11.1 Å². The summed E-state index contributed by atoms with van der Waals surface area (Å²) in [5.41, 5.74) is 7.46. The highest BCUT2D eigenvalue weighted by molar-refractivity contribution is 5.94. The molecule has 0 saturated heterocycles. The molecule has 0 aliphatic heterocycles. The molecule has 2 rings (SSSR count). The Morgan fingerprint density at radius 2 is 2.22 bits per heavy atom. The zero-order valence-electron chi connectivity index (χ0n) is 11.1. The number of nitrogen functional groups attached to an aromatic ring is 1. The maximum atomic E-state index is 12.1. The second-order valence-corrected chi connectivity index (χ2v) is 5.47. The summed E-state index contributed by atoms with van der Waals surface area (Å²) in [4.78, 5) is 16.2. The van der Waals surface area contributed by atoms with E-state index in [1.54, 1.807) is 6.07 Å². The minimum absolute atomic E-state index is 0.0491. The average Bonchev–Trinajstić information content (AvgIpc) is 2.32. The molecule has 1 aromatic rings. The molecular weight excluding hydrogens is 226 g/mol. The Morgan fingerprint density at radius 1 is 1.50 bits per heavy atom. The van der Waals surface area contributed by atoms with E-state index in [1.807, 2.05) is 13.0 Å². The lowest BCUT2D eigenvalue weighted by molar-refractivity contribution is 0.0890. The number of nitrogens with one attached hydrogen (secondary N) is 1. The molecular formula is C14H21N3O. The first-order valence-electron chi connectivity index (χ1n) is 6.57. The third-order valence-corrected chi connectivity index (χ3v) is 3.76. The maximum Gasteiger partial charge on any atom is 0.251 e. The minimum Gasteiger partial charge on any atom is -0.384 e. The number of hydrogen-bond donors (Lipinski definition) is 2. The highest BCUT2D eigenvalue weighted by Gasteiger charge is 2.31. The van der Waals surface area contributed by atoms with Gasteiger partial charge in [-0.1, -0.05) is 20.3 Å². The Bertz CT molecular complexity index is 452. The van der Waals surface area contributed by atoms with Gasteiger partial charge in [0.05, 0.1) is 0 Å². The van der Waals surface area contributed by atoms with Gasteiger partial charge in [-0.15, -0.1) is 0 Å². The number of carbonyl (C=O) groups is 1. The molecule has 1 aliphatic carbocycles. The summed E-state index contributed by atoms with van der Waals surface area (Å²) in [6, 6.07) is 3.45. The first kappa shape index (κ1) is 12.9. The van der Waals surface area contributed by atoms with Gasteiger partial charge in [0.25, 0.3) is 5.91 Å². The third-order valence-electron chi connectivity index (χ3n) is 3.76. The molecule has 1 heterocycles. The summed E-state index contributed by atoms with van der Waals surface area (Å²) in [6.45, 7) is 4.96. The number of rotatable bonds is 4. The van der Waals surface area contributed by atoms with E-state index < -0.39 is 0 Å². The molecule has 0 unspecified atom stereocenters. The van der Waals surface area contributed by atoms with Gasteiger partial charge in [-0.25, -0.2) is 4.98 Å². The van der Waals surface area contributed by atoms with Crippen LogP contribution in [0.1, 0.15) is 49.2 Å². The van der Waals surface area contributed by atoms with Gasteiger partial charge in [0, 0.05) is 17.8 Å². The second-order valence-electron chi connectivity index (χ2n) is 5.47. The van der Waals surface area contributed by atoms with E-state index in [-0.39, 0.29) is 5.91 Å². The number of pyridine rings is 1. The van der Waals surface area contributed by atoms with Crippen molar-refractivity contribution in [2.24, 2.45) is 5.41 Å². The topological polar surface area (TPSA) is 68.0 Å². The molecule has 1 saturated carbocycles. The van der Waals surface area contributed by atoms with E-state index in [4.69, 9.17) is 5.73 Å². The number of nitrogens with zero attached hydrogens (tertiary/aromatic N) is 1. The van der Waals surface area contributed by atoms with Crippen LogP contribution in [0.3, 0.4) is 0 Å². The van der Waals surface area contributed by atoms with Crippen LogP contribution in [-0.4, -0.2) is 17.4 Å². The molecule has 0 bridgehead atoms. The average molecular weight is 247 g/mol. The van der Waals surface area contributed by atoms with Gasteiger partial charge >= 0.3 is 0 Å². The normalized spacial score (nSPS) is 17.0. The third kappa shape index (κ3) is 2.81. The standard InChI is InChI=1S/C14H21N3O/c1-3-11-7-10(8-12(15)17-11)13(18)16-9-14(2)5-4-6-14/h7-8H,3-6,9H2,1-2H3,(H2,15,17)(H,16,18). The molecule has 4 heteroatoms. The van der Waals surface area contributed by atoms with Gasteiger partial charge in [-0.05, 0) is 36.8 Å². The molecule has 4 nitrogen and oxygen atoms in total. The Hall–Kier alpha value is -1.58. The van der Waals surface area contributed by atoms with Crippen molar-refractivity contribution in [3.63, 3.8) is 0 Å². The van der Waals surface area contributed by atoms with Crippen molar-refractivity contribution in [1.29, 1.82) is 0 Å². The molecule has 98 valence electrons. The van der Waals surface area contributed by atoms with Gasteiger partial charge in [-0.3, -0.25) is 4.79 Å². The quantitative estimate of drug-likeness (QED) is 0.856. The van der Waals surface area contributed by atoms with Gasteiger partial charge in [-0.2, -0.15) is 0 Å². The minimum atomic E-state index is -0.0491. The molecule has 1 aromatic heterocycles. The molecule has 0 aromatic carbocycles. The maximum absolute atomic E-state index is 12.1. The number of hydrogen-bond acceptors (Lipinski definition) is 3. The van der Waals surface area contributed by atoms with Crippen molar-refractivity contribution in [2.45, 2.75) is 39.5 Å². The lowest BCUT2D eigenvalue weighted by Gasteiger charge is -2.38. The van der Waals surface area contributed by atoms with Crippen LogP contribution in [0.4, 0.5) is 5.82 Å². The van der Waals surface area contributed by atoms with Crippen molar-refractivity contribution < 1.29 is 4.79 Å². The van der Waals surface area contributed by atoms with E-state index in [1.165, 1.54) is 19.3 Å². The number of nitrogens with two attached hydrogens (primary N) is 1. The number of anilines is 1. The van der Waals surface area contributed by atoms with Crippen LogP contribution in [0.25, 0.3) is 0 Å². The van der Waals surface area contributed by atoms with Gasteiger partial charge in [0.15, 0.2) is 0 Å². The molecule has 1 amide bonds. The van der Waals surface area contributed by atoms with Crippen LogP contribution in [0.2, 0.25) is 0 Å². The first-order valence-corrected chi connectivity index (χ1v) is 6.57. The number of aryl methyl sites for hydroxylation is 1. The van der Waals surface area contributed by atoms with Crippen LogP contribution >= 0.6 is 0 Å². The van der Waals surface area contributed by atoms with Crippen molar-refractivity contribution in [2.75, 3.05) is 12.3 Å². The fourth-order valence-corrected chi connectivity index (χ4v) is 2.28. The van der Waals surface area contributed by atoms with E-state index in [9.17, 15) is 4.79 Å². The second kappa shape index (κ2) is 4.96. The summed E-state index contributed by atoms with van der Waals surface area (Å²) in [5.74, 6) is 0.362. The van der Waals surface area contributed by atoms with E-state index in [0.29, 0.717) is 16.8 Å². The zero-order valence-corrected chi connectivity index (χ0v) is 11.1. The molecule has 0 spiro atoms. The number of amides is 1. The van der Waals surface area contributed by atoms with Crippen LogP contribution in [0.5, 0.6) is 0 Å². The molecule has 0 atom stereocenters. The van der Waals surface area contributed by atoms with Crippen LogP contribution in [0, 0.1) is 5.41 Å². The molecule has 1 aliphatic rings. The molecule has 18 heavy (non-hydrogen) atoms. The fraction of sp³-hybridized carbons (Fsp3) is 0.571. The van der Waals surface area contributed by atoms with E-state index in [2.05, 4.69) is 17.2 Å². The number of carbonyl (C=O) groups excluding carboxylic acids is 1. The first-order chi connectivity index (χ1) is 8.52. The smallest absolute Gasteiger partial charge is 0.251 e. The predicted molar refractivity (Wildman–Crippen MR) is 72.3 cm³/mol. The zero-order chi connectivity index (χ0) is 13.2. The summed E-state index contributed by atoms with van der Waals surface area (Å²) < 4.78 is 0. The van der Waals surface area contributed by atoms with Crippen molar-refractivity contribution in [1.82, 2.24) is 10.3 Å². The van der Waals surface area contributed by atoms with E-state index >= 15 is 0 Å². The van der Waals surface area contributed by atoms with Crippen molar-refractivity contribution in [3.8, 4) is 0 Å². The van der Waals surface area contributed by atoms with E-state index in [0.717, 1.165) is 18.7 Å². The van der Waals surface area contributed by atoms with Crippen LogP contribution in [0.15, 0.2) is 12.1 Å². The van der Waals surface area contributed by atoms with Crippen LogP contribution < -0.4 is 11.1 Å². The summed E-state index contributed by atoms with van der Waals surface area (Å²) in [5, 5.41) is 3.00. The fourth-order valence-electron chi connectivity index (χ4n) is 2.28. The Kier molecular flexibility index (Phi) is 3.55.